The largest absolute Gasteiger partial charge is 0.460 e. The molecule has 0 unspecified atom stereocenters. The van der Waals surface area contributed by atoms with Crippen molar-refractivity contribution >= 4 is 22.6 Å². The molecule has 0 radical (unpaired) electrons. The summed E-state index contributed by atoms with van der Waals surface area (Å²) < 4.78 is 5.36. The quantitative estimate of drug-likeness (QED) is 0.641. The minimum atomic E-state index is 0.482. The zero-order valence-corrected chi connectivity index (χ0v) is 7.72. The second kappa shape index (κ2) is 2.79. The number of aryl methyl sites for hydroxylation is 1. The SMILES string of the molecule is Cc1cc2cc(Cl)cc(C#N)c2o1. The first kappa shape index (κ1) is 8.15. The zero-order valence-electron chi connectivity index (χ0n) is 6.97. The van der Waals surface area contributed by atoms with Crippen molar-refractivity contribution in [2.75, 3.05) is 0 Å². The number of nitriles is 1. The minimum Gasteiger partial charge on any atom is -0.460 e. The van der Waals surface area contributed by atoms with E-state index >= 15 is 0 Å². The van der Waals surface area contributed by atoms with Crippen molar-refractivity contribution in [1.29, 1.82) is 5.26 Å². The molecule has 1 aromatic carbocycles. The van der Waals surface area contributed by atoms with E-state index in [0.717, 1.165) is 11.1 Å². The number of hydrogen-bond donors (Lipinski definition) is 0. The number of furan rings is 1. The van der Waals surface area contributed by atoms with E-state index in [9.17, 15) is 0 Å². The molecule has 0 N–H and O–H groups in total. The van der Waals surface area contributed by atoms with Crippen molar-refractivity contribution in [2.24, 2.45) is 0 Å². The van der Waals surface area contributed by atoms with E-state index in [1.807, 2.05) is 19.1 Å². The molecular formula is C10H6ClNO. The van der Waals surface area contributed by atoms with Gasteiger partial charge in [-0.05, 0) is 25.1 Å². The van der Waals surface area contributed by atoms with Crippen LogP contribution in [0.5, 0.6) is 0 Å². The summed E-state index contributed by atoms with van der Waals surface area (Å²) in [6.45, 7) is 1.84. The fourth-order valence-corrected chi connectivity index (χ4v) is 1.55. The van der Waals surface area contributed by atoms with Gasteiger partial charge in [0.1, 0.15) is 11.8 Å². The van der Waals surface area contributed by atoms with Crippen LogP contribution in [-0.2, 0) is 0 Å². The van der Waals surface area contributed by atoms with Gasteiger partial charge in [-0.25, -0.2) is 0 Å². The van der Waals surface area contributed by atoms with Crippen LogP contribution in [0.15, 0.2) is 22.6 Å². The molecule has 0 aliphatic rings. The molecule has 0 amide bonds. The molecular weight excluding hydrogens is 186 g/mol. The second-order valence-corrected chi connectivity index (χ2v) is 3.28. The predicted octanol–water partition coefficient (Wildman–Crippen LogP) is 3.27. The Labute approximate surface area is 80.3 Å². The molecule has 2 rings (SSSR count). The van der Waals surface area contributed by atoms with Crippen molar-refractivity contribution in [2.45, 2.75) is 6.92 Å². The third-order valence-corrected chi connectivity index (χ3v) is 2.04. The molecule has 1 aromatic heterocycles. The Morgan fingerprint density at radius 3 is 2.85 bits per heavy atom. The van der Waals surface area contributed by atoms with E-state index in [1.165, 1.54) is 0 Å². The Morgan fingerprint density at radius 1 is 1.38 bits per heavy atom. The van der Waals surface area contributed by atoms with E-state index in [1.54, 1.807) is 12.1 Å². The molecule has 2 nitrogen and oxygen atoms in total. The topological polar surface area (TPSA) is 36.9 Å². The highest BCUT2D eigenvalue weighted by Crippen LogP contribution is 2.26. The smallest absolute Gasteiger partial charge is 0.152 e. The number of benzene rings is 1. The maximum absolute atomic E-state index is 8.80. The van der Waals surface area contributed by atoms with Gasteiger partial charge >= 0.3 is 0 Å². The van der Waals surface area contributed by atoms with Crippen molar-refractivity contribution in [1.82, 2.24) is 0 Å². The predicted molar refractivity (Wildman–Crippen MR) is 50.7 cm³/mol. The summed E-state index contributed by atoms with van der Waals surface area (Å²) in [5.74, 6) is 0.786. The lowest BCUT2D eigenvalue weighted by Gasteiger charge is -1.92. The maximum atomic E-state index is 8.80. The summed E-state index contributed by atoms with van der Waals surface area (Å²) in [7, 11) is 0. The van der Waals surface area contributed by atoms with Gasteiger partial charge < -0.3 is 4.42 Å². The van der Waals surface area contributed by atoms with Crippen molar-refractivity contribution in [3.8, 4) is 6.07 Å². The highest BCUT2D eigenvalue weighted by Gasteiger charge is 2.07. The van der Waals surface area contributed by atoms with Crippen LogP contribution in [0.4, 0.5) is 0 Å². The molecule has 13 heavy (non-hydrogen) atoms. The van der Waals surface area contributed by atoms with Crippen LogP contribution in [0.1, 0.15) is 11.3 Å². The van der Waals surface area contributed by atoms with Gasteiger partial charge in [-0.1, -0.05) is 11.6 Å². The number of fused-ring (bicyclic) bond motifs is 1. The molecule has 0 spiro atoms. The van der Waals surface area contributed by atoms with Crippen LogP contribution >= 0.6 is 11.6 Å². The number of halogens is 1. The summed E-state index contributed by atoms with van der Waals surface area (Å²) in [5.41, 5.74) is 1.10. The van der Waals surface area contributed by atoms with Crippen LogP contribution in [0.3, 0.4) is 0 Å². The first-order valence-electron chi connectivity index (χ1n) is 3.80. The number of rotatable bonds is 0. The average Bonchev–Trinajstić information content (AvgIpc) is 2.43. The van der Waals surface area contributed by atoms with Gasteiger partial charge in [0.05, 0.1) is 5.56 Å². The van der Waals surface area contributed by atoms with Gasteiger partial charge in [0.2, 0.25) is 0 Å². The van der Waals surface area contributed by atoms with E-state index in [2.05, 4.69) is 0 Å². The van der Waals surface area contributed by atoms with Crippen LogP contribution < -0.4 is 0 Å². The van der Waals surface area contributed by atoms with Gasteiger partial charge in [0, 0.05) is 10.4 Å². The third kappa shape index (κ3) is 1.28. The Morgan fingerprint density at radius 2 is 2.15 bits per heavy atom. The second-order valence-electron chi connectivity index (χ2n) is 2.84. The van der Waals surface area contributed by atoms with Crippen LogP contribution in [0, 0.1) is 18.3 Å². The lowest BCUT2D eigenvalue weighted by atomic mass is 10.2. The molecule has 2 aromatic rings. The molecule has 0 bridgehead atoms. The van der Waals surface area contributed by atoms with E-state index in [-0.39, 0.29) is 0 Å². The van der Waals surface area contributed by atoms with Gasteiger partial charge in [0.25, 0.3) is 0 Å². The van der Waals surface area contributed by atoms with Crippen molar-refractivity contribution in [3.05, 3.63) is 34.5 Å². The standard InChI is InChI=1S/C10H6ClNO/c1-6-2-7-3-9(11)4-8(5-12)10(7)13-6/h2-4H,1H3. The number of nitrogens with zero attached hydrogens (tertiary/aromatic N) is 1. The Bertz CT molecular complexity index is 507. The van der Waals surface area contributed by atoms with Gasteiger partial charge in [-0.15, -0.1) is 0 Å². The van der Waals surface area contributed by atoms with Gasteiger partial charge in [-0.3, -0.25) is 0 Å². The highest BCUT2D eigenvalue weighted by molar-refractivity contribution is 6.31. The summed E-state index contributed by atoms with van der Waals surface area (Å²) >= 11 is 5.82. The molecule has 1 heterocycles. The Kier molecular flexibility index (Phi) is 1.75. The maximum Gasteiger partial charge on any atom is 0.152 e. The Balaban J connectivity index is 2.90. The summed E-state index contributed by atoms with van der Waals surface area (Å²) in [6.07, 6.45) is 0. The minimum absolute atomic E-state index is 0.482. The zero-order chi connectivity index (χ0) is 9.42. The molecule has 0 atom stereocenters. The normalized spacial score (nSPS) is 10.2. The lowest BCUT2D eigenvalue weighted by molar-refractivity contribution is 0.577. The van der Waals surface area contributed by atoms with Crippen LogP contribution in [-0.4, -0.2) is 0 Å². The van der Waals surface area contributed by atoms with E-state index in [0.29, 0.717) is 16.2 Å². The average molecular weight is 192 g/mol. The third-order valence-electron chi connectivity index (χ3n) is 1.82. The summed E-state index contributed by atoms with van der Waals surface area (Å²) in [4.78, 5) is 0. The number of hydrogen-bond acceptors (Lipinski definition) is 2. The molecule has 0 aliphatic heterocycles. The molecule has 0 fully saturated rings. The first-order chi connectivity index (χ1) is 6.20. The van der Waals surface area contributed by atoms with Crippen molar-refractivity contribution < 1.29 is 4.42 Å². The fraction of sp³-hybridized carbons (Fsp3) is 0.100. The Hall–Kier alpha value is -1.46. The van der Waals surface area contributed by atoms with E-state index in [4.69, 9.17) is 21.3 Å². The molecule has 64 valence electrons. The lowest BCUT2D eigenvalue weighted by Crippen LogP contribution is -1.74. The summed E-state index contributed by atoms with van der Waals surface area (Å²) in [6, 6.07) is 7.30. The molecule has 0 saturated carbocycles. The molecule has 3 heteroatoms. The van der Waals surface area contributed by atoms with E-state index < -0.39 is 0 Å². The summed E-state index contributed by atoms with van der Waals surface area (Å²) in [5, 5.41) is 10.2. The van der Waals surface area contributed by atoms with Crippen LogP contribution in [0.2, 0.25) is 5.02 Å². The first-order valence-corrected chi connectivity index (χ1v) is 4.18. The van der Waals surface area contributed by atoms with Gasteiger partial charge in [0.15, 0.2) is 5.58 Å². The van der Waals surface area contributed by atoms with Crippen molar-refractivity contribution in [3.63, 3.8) is 0 Å². The monoisotopic (exact) mass is 191 g/mol. The highest BCUT2D eigenvalue weighted by atomic mass is 35.5. The van der Waals surface area contributed by atoms with Gasteiger partial charge in [-0.2, -0.15) is 5.26 Å². The van der Waals surface area contributed by atoms with Crippen LogP contribution in [0.25, 0.3) is 11.0 Å². The fourth-order valence-electron chi connectivity index (χ4n) is 1.33. The molecule has 0 saturated heterocycles. The molecule has 0 aliphatic carbocycles.